The Morgan fingerprint density at radius 1 is 1.09 bits per heavy atom. The summed E-state index contributed by atoms with van der Waals surface area (Å²) in [6, 6.07) is 13.3. The van der Waals surface area contributed by atoms with E-state index in [1.807, 2.05) is 36.4 Å². The number of nitrogens with zero attached hydrogens (tertiary/aromatic N) is 3. The number of fused-ring (bicyclic) bond motifs is 2. The molecule has 0 amide bonds. The highest BCUT2D eigenvalue weighted by molar-refractivity contribution is 6.32. The molecular formula is C17H10ClN3O. The van der Waals surface area contributed by atoms with Gasteiger partial charge in [-0.1, -0.05) is 29.8 Å². The van der Waals surface area contributed by atoms with Crippen molar-refractivity contribution >= 4 is 39.3 Å². The third-order valence-corrected chi connectivity index (χ3v) is 3.77. The molecule has 4 rings (SSSR count). The number of para-hydroxylation sites is 1. The van der Waals surface area contributed by atoms with Crippen LogP contribution in [-0.4, -0.2) is 20.4 Å². The van der Waals surface area contributed by atoms with Gasteiger partial charge in [0.05, 0.1) is 16.6 Å². The number of rotatable bonds is 1. The van der Waals surface area contributed by atoms with Crippen molar-refractivity contribution in [3.8, 4) is 0 Å². The first-order valence-corrected chi connectivity index (χ1v) is 7.12. The van der Waals surface area contributed by atoms with E-state index in [1.165, 1.54) is 10.9 Å². The van der Waals surface area contributed by atoms with Crippen LogP contribution in [0, 0.1) is 0 Å². The molecule has 22 heavy (non-hydrogen) atoms. The van der Waals surface area contributed by atoms with Crippen molar-refractivity contribution in [2.75, 3.05) is 0 Å². The van der Waals surface area contributed by atoms with Gasteiger partial charge in [-0.25, -0.2) is 9.97 Å². The van der Waals surface area contributed by atoms with E-state index in [9.17, 15) is 4.79 Å². The summed E-state index contributed by atoms with van der Waals surface area (Å²) < 4.78 is 1.42. The first kappa shape index (κ1) is 13.0. The highest BCUT2D eigenvalue weighted by Crippen LogP contribution is 2.26. The number of imidazole rings is 1. The minimum absolute atomic E-state index is 0.201. The fourth-order valence-electron chi connectivity index (χ4n) is 2.54. The molecule has 0 aliphatic heterocycles. The van der Waals surface area contributed by atoms with Crippen LogP contribution < -0.4 is 0 Å². The Morgan fingerprint density at radius 3 is 2.77 bits per heavy atom. The maximum absolute atomic E-state index is 12.6. The van der Waals surface area contributed by atoms with Gasteiger partial charge in [0.25, 0.3) is 5.91 Å². The summed E-state index contributed by atoms with van der Waals surface area (Å²) >= 11 is 6.18. The minimum Gasteiger partial charge on any atom is -0.272 e. The van der Waals surface area contributed by atoms with E-state index in [0.29, 0.717) is 16.1 Å². The van der Waals surface area contributed by atoms with Gasteiger partial charge in [-0.15, -0.1) is 0 Å². The Hall–Kier alpha value is -2.72. The molecule has 0 aliphatic rings. The normalized spacial score (nSPS) is 11.1. The molecule has 0 unspecified atom stereocenters. The molecule has 2 aromatic carbocycles. The third-order valence-electron chi connectivity index (χ3n) is 3.55. The van der Waals surface area contributed by atoms with Crippen LogP contribution in [0.4, 0.5) is 0 Å². The monoisotopic (exact) mass is 307 g/mol. The van der Waals surface area contributed by atoms with Crippen molar-refractivity contribution in [2.24, 2.45) is 0 Å². The Bertz CT molecular complexity index is 1010. The maximum atomic E-state index is 12.6. The van der Waals surface area contributed by atoms with Gasteiger partial charge >= 0.3 is 0 Å². The molecule has 4 aromatic rings. The number of hydrogen-bond acceptors (Lipinski definition) is 3. The summed E-state index contributed by atoms with van der Waals surface area (Å²) in [6.45, 7) is 0. The van der Waals surface area contributed by atoms with Crippen molar-refractivity contribution in [1.82, 2.24) is 14.5 Å². The summed E-state index contributed by atoms with van der Waals surface area (Å²) in [5, 5.41) is 2.36. The summed E-state index contributed by atoms with van der Waals surface area (Å²) in [7, 11) is 0. The average Bonchev–Trinajstić information content (AvgIpc) is 3.06. The molecular weight excluding hydrogens is 298 g/mol. The van der Waals surface area contributed by atoms with Crippen LogP contribution in [0.2, 0.25) is 5.02 Å². The fraction of sp³-hybridized carbons (Fsp3) is 0. The molecule has 5 heteroatoms. The number of carbonyl (C=O) groups excluding carboxylic acids is 1. The number of hydrogen-bond donors (Lipinski definition) is 0. The van der Waals surface area contributed by atoms with Gasteiger partial charge < -0.3 is 0 Å². The Balaban J connectivity index is 2.04. The molecule has 0 N–H and O–H groups in total. The third kappa shape index (κ3) is 2.05. The second kappa shape index (κ2) is 4.93. The first-order valence-electron chi connectivity index (χ1n) is 6.74. The first-order chi connectivity index (χ1) is 10.7. The largest absolute Gasteiger partial charge is 0.272 e. The number of aromatic nitrogens is 3. The summed E-state index contributed by atoms with van der Waals surface area (Å²) in [6.07, 6.45) is 4.64. The fourth-order valence-corrected chi connectivity index (χ4v) is 2.76. The molecule has 2 heterocycles. The van der Waals surface area contributed by atoms with E-state index in [1.54, 1.807) is 18.5 Å². The topological polar surface area (TPSA) is 47.8 Å². The molecule has 0 aliphatic carbocycles. The lowest BCUT2D eigenvalue weighted by atomic mass is 10.1. The molecule has 0 bridgehead atoms. The lowest BCUT2D eigenvalue weighted by Crippen LogP contribution is -2.11. The average molecular weight is 308 g/mol. The van der Waals surface area contributed by atoms with Gasteiger partial charge in [0.1, 0.15) is 6.33 Å². The molecule has 0 atom stereocenters. The lowest BCUT2D eigenvalue weighted by Gasteiger charge is -2.08. The van der Waals surface area contributed by atoms with Crippen LogP contribution in [-0.2, 0) is 0 Å². The van der Waals surface area contributed by atoms with Crippen molar-refractivity contribution in [2.45, 2.75) is 0 Å². The van der Waals surface area contributed by atoms with Gasteiger partial charge in [0.15, 0.2) is 0 Å². The zero-order valence-electron chi connectivity index (χ0n) is 11.4. The molecule has 2 aromatic heterocycles. The minimum atomic E-state index is -0.201. The van der Waals surface area contributed by atoms with Gasteiger partial charge in [0.2, 0.25) is 0 Å². The zero-order chi connectivity index (χ0) is 15.1. The van der Waals surface area contributed by atoms with E-state index >= 15 is 0 Å². The van der Waals surface area contributed by atoms with Gasteiger partial charge in [0, 0.05) is 28.2 Å². The predicted octanol–water partition coefficient (Wildman–Crippen LogP) is 3.93. The van der Waals surface area contributed by atoms with Crippen LogP contribution in [0.25, 0.3) is 21.8 Å². The zero-order valence-corrected chi connectivity index (χ0v) is 12.2. The quantitative estimate of drug-likeness (QED) is 0.501. The smallest absolute Gasteiger partial charge is 0.265 e. The van der Waals surface area contributed by atoms with Crippen LogP contribution in [0.3, 0.4) is 0 Å². The van der Waals surface area contributed by atoms with Crippen LogP contribution >= 0.6 is 11.6 Å². The van der Waals surface area contributed by atoms with Crippen LogP contribution in [0.1, 0.15) is 10.4 Å². The van der Waals surface area contributed by atoms with Crippen molar-refractivity contribution < 1.29 is 4.79 Å². The van der Waals surface area contributed by atoms with E-state index in [0.717, 1.165) is 16.3 Å². The molecule has 0 spiro atoms. The van der Waals surface area contributed by atoms with E-state index in [2.05, 4.69) is 9.97 Å². The molecule has 0 saturated heterocycles. The van der Waals surface area contributed by atoms with Gasteiger partial charge in [-0.2, -0.15) is 0 Å². The van der Waals surface area contributed by atoms with E-state index in [4.69, 9.17) is 11.6 Å². The predicted molar refractivity (Wildman–Crippen MR) is 86.2 cm³/mol. The molecule has 0 saturated carbocycles. The second-order valence-corrected chi connectivity index (χ2v) is 5.42. The highest BCUT2D eigenvalue weighted by Gasteiger charge is 2.15. The molecule has 106 valence electrons. The number of pyridine rings is 1. The SMILES string of the molecule is O=C(c1cc(Cl)cc2cc3ccccc3nc12)n1ccnc1. The van der Waals surface area contributed by atoms with Crippen molar-refractivity contribution in [3.05, 3.63) is 71.8 Å². The summed E-state index contributed by atoms with van der Waals surface area (Å²) in [4.78, 5) is 21.2. The Kier molecular flexibility index (Phi) is 2.91. The highest BCUT2D eigenvalue weighted by atomic mass is 35.5. The Labute approximate surface area is 131 Å². The summed E-state index contributed by atoms with van der Waals surface area (Å²) in [5.41, 5.74) is 1.95. The van der Waals surface area contributed by atoms with Gasteiger partial charge in [-0.05, 0) is 24.3 Å². The van der Waals surface area contributed by atoms with Crippen LogP contribution in [0.5, 0.6) is 0 Å². The number of benzene rings is 2. The maximum Gasteiger partial charge on any atom is 0.265 e. The second-order valence-electron chi connectivity index (χ2n) is 4.98. The van der Waals surface area contributed by atoms with Crippen molar-refractivity contribution in [1.29, 1.82) is 0 Å². The van der Waals surface area contributed by atoms with Crippen molar-refractivity contribution in [3.63, 3.8) is 0 Å². The van der Waals surface area contributed by atoms with Crippen LogP contribution in [0.15, 0.2) is 61.2 Å². The standard InChI is InChI=1S/C17H10ClN3O/c18-13-8-12-7-11-3-1-2-4-15(11)20-16(12)14(9-13)17(22)21-6-5-19-10-21/h1-10H. The lowest BCUT2D eigenvalue weighted by molar-refractivity contribution is 0.0961. The molecule has 0 fully saturated rings. The molecule has 4 nitrogen and oxygen atoms in total. The Morgan fingerprint density at radius 2 is 1.95 bits per heavy atom. The van der Waals surface area contributed by atoms with Gasteiger partial charge in [-0.3, -0.25) is 9.36 Å². The number of halogens is 1. The van der Waals surface area contributed by atoms with E-state index in [-0.39, 0.29) is 5.91 Å². The summed E-state index contributed by atoms with van der Waals surface area (Å²) in [5.74, 6) is -0.201. The molecule has 0 radical (unpaired) electrons. The number of carbonyl (C=O) groups is 1. The van der Waals surface area contributed by atoms with E-state index < -0.39 is 0 Å².